The van der Waals surface area contributed by atoms with E-state index in [0.717, 1.165) is 26.3 Å². The van der Waals surface area contributed by atoms with Gasteiger partial charge in [-0.25, -0.2) is 0 Å². The summed E-state index contributed by atoms with van der Waals surface area (Å²) in [5, 5.41) is 0. The molecule has 0 aliphatic carbocycles. The van der Waals surface area contributed by atoms with E-state index in [4.69, 9.17) is 9.72 Å². The van der Waals surface area contributed by atoms with Gasteiger partial charge in [0, 0.05) is 48.2 Å². The molecular formula is C23H31N3O. The number of nitrogens with zero attached hydrogens (tertiary/aromatic N) is 3. The Morgan fingerprint density at radius 1 is 0.889 bits per heavy atom. The molecule has 2 aliphatic rings. The fraction of sp³-hybridized carbons (Fsp3) is 0.522. The minimum atomic E-state index is 0.609. The maximum Gasteiger partial charge on any atom is 0.0642 e. The number of likely N-dealkylation sites (tertiary alicyclic amines) is 1. The van der Waals surface area contributed by atoms with Crippen LogP contribution in [0, 0.1) is 0 Å². The highest BCUT2D eigenvalue weighted by Gasteiger charge is 2.22. The minimum Gasteiger partial charge on any atom is -0.378 e. The molecule has 2 aromatic rings. The molecule has 2 saturated heterocycles. The number of benzene rings is 1. The van der Waals surface area contributed by atoms with E-state index in [0.29, 0.717) is 12.0 Å². The van der Waals surface area contributed by atoms with Crippen LogP contribution in [0.3, 0.4) is 0 Å². The quantitative estimate of drug-likeness (QED) is 0.813. The highest BCUT2D eigenvalue weighted by molar-refractivity contribution is 5.65. The molecule has 3 heterocycles. The summed E-state index contributed by atoms with van der Waals surface area (Å²) in [5.41, 5.74) is 4.98. The number of anilines is 1. The van der Waals surface area contributed by atoms with E-state index in [1.165, 1.54) is 48.4 Å². The van der Waals surface area contributed by atoms with Gasteiger partial charge in [-0.1, -0.05) is 18.2 Å². The van der Waals surface area contributed by atoms with E-state index in [1.54, 1.807) is 0 Å². The van der Waals surface area contributed by atoms with Crippen LogP contribution in [-0.4, -0.2) is 55.3 Å². The monoisotopic (exact) mass is 365 g/mol. The summed E-state index contributed by atoms with van der Waals surface area (Å²) in [7, 11) is 0. The standard InChI is InChI=1S/C23H31N3O/c1-18(2)25-11-9-20(10-12-25)23-8-5-21(17-24-23)19-3-6-22(7-4-19)26-13-15-27-16-14-26/h3-8,17-18,20H,9-16H2,1-2H3. The lowest BCUT2D eigenvalue weighted by atomic mass is 9.92. The van der Waals surface area contributed by atoms with Crippen LogP contribution < -0.4 is 4.90 Å². The molecule has 1 aromatic heterocycles. The number of piperidine rings is 1. The maximum atomic E-state index is 5.44. The van der Waals surface area contributed by atoms with Crippen LogP contribution in [0.25, 0.3) is 11.1 Å². The molecule has 0 bridgehead atoms. The molecule has 1 aromatic carbocycles. The Balaban J connectivity index is 1.40. The van der Waals surface area contributed by atoms with Crippen molar-refractivity contribution in [2.75, 3.05) is 44.3 Å². The molecule has 0 atom stereocenters. The summed E-state index contributed by atoms with van der Waals surface area (Å²) in [6.45, 7) is 10.6. The lowest BCUT2D eigenvalue weighted by molar-refractivity contribution is 0.122. The molecule has 0 radical (unpaired) electrons. The van der Waals surface area contributed by atoms with Gasteiger partial charge in [-0.2, -0.15) is 0 Å². The molecule has 0 unspecified atom stereocenters. The van der Waals surface area contributed by atoms with Gasteiger partial charge in [0.1, 0.15) is 0 Å². The Kier molecular flexibility index (Phi) is 5.74. The number of aromatic nitrogens is 1. The van der Waals surface area contributed by atoms with Crippen LogP contribution in [0.15, 0.2) is 42.6 Å². The average Bonchev–Trinajstić information content (AvgIpc) is 2.75. The van der Waals surface area contributed by atoms with Crippen molar-refractivity contribution < 1.29 is 4.74 Å². The third-order valence-corrected chi connectivity index (χ3v) is 6.04. The van der Waals surface area contributed by atoms with Gasteiger partial charge in [-0.3, -0.25) is 4.98 Å². The van der Waals surface area contributed by atoms with E-state index in [2.05, 4.69) is 60.0 Å². The van der Waals surface area contributed by atoms with Crippen LogP contribution in [0.4, 0.5) is 5.69 Å². The van der Waals surface area contributed by atoms with Crippen molar-refractivity contribution in [3.8, 4) is 11.1 Å². The van der Waals surface area contributed by atoms with Gasteiger partial charge in [0.05, 0.1) is 13.2 Å². The first-order chi connectivity index (χ1) is 13.2. The van der Waals surface area contributed by atoms with E-state index in [1.807, 2.05) is 6.20 Å². The predicted molar refractivity (Wildman–Crippen MR) is 111 cm³/mol. The molecule has 144 valence electrons. The van der Waals surface area contributed by atoms with Gasteiger partial charge >= 0.3 is 0 Å². The van der Waals surface area contributed by atoms with Crippen molar-refractivity contribution in [1.29, 1.82) is 0 Å². The molecule has 4 nitrogen and oxygen atoms in total. The van der Waals surface area contributed by atoms with Crippen LogP contribution in [0.5, 0.6) is 0 Å². The lowest BCUT2D eigenvalue weighted by Crippen LogP contribution is -2.37. The first kappa shape index (κ1) is 18.5. The predicted octanol–water partition coefficient (Wildman–Crippen LogP) is 4.17. The summed E-state index contributed by atoms with van der Waals surface area (Å²) in [6.07, 6.45) is 4.49. The van der Waals surface area contributed by atoms with Crippen LogP contribution >= 0.6 is 0 Å². The zero-order valence-electron chi connectivity index (χ0n) is 16.6. The Bertz CT molecular complexity index is 712. The van der Waals surface area contributed by atoms with E-state index < -0.39 is 0 Å². The Morgan fingerprint density at radius 3 is 2.15 bits per heavy atom. The van der Waals surface area contributed by atoms with E-state index >= 15 is 0 Å². The summed E-state index contributed by atoms with van der Waals surface area (Å²) >= 11 is 0. The molecule has 0 N–H and O–H groups in total. The topological polar surface area (TPSA) is 28.6 Å². The molecule has 27 heavy (non-hydrogen) atoms. The van der Waals surface area contributed by atoms with Crippen molar-refractivity contribution in [2.45, 2.75) is 38.6 Å². The zero-order chi connectivity index (χ0) is 18.6. The van der Waals surface area contributed by atoms with Crippen LogP contribution in [-0.2, 0) is 4.74 Å². The van der Waals surface area contributed by atoms with Gasteiger partial charge < -0.3 is 14.5 Å². The Hall–Kier alpha value is -1.91. The number of hydrogen-bond acceptors (Lipinski definition) is 4. The largest absolute Gasteiger partial charge is 0.378 e. The number of hydrogen-bond donors (Lipinski definition) is 0. The normalized spacial score (nSPS) is 19.6. The molecule has 2 fully saturated rings. The van der Waals surface area contributed by atoms with Crippen molar-refractivity contribution in [3.63, 3.8) is 0 Å². The third kappa shape index (κ3) is 4.33. The number of ether oxygens (including phenoxy) is 1. The van der Waals surface area contributed by atoms with Gasteiger partial charge in [0.25, 0.3) is 0 Å². The Labute approximate surface area is 163 Å². The van der Waals surface area contributed by atoms with Crippen molar-refractivity contribution in [3.05, 3.63) is 48.3 Å². The van der Waals surface area contributed by atoms with Gasteiger partial charge in [0.2, 0.25) is 0 Å². The second-order valence-corrected chi connectivity index (χ2v) is 8.02. The van der Waals surface area contributed by atoms with Gasteiger partial charge in [0.15, 0.2) is 0 Å². The Morgan fingerprint density at radius 2 is 1.56 bits per heavy atom. The molecular weight excluding hydrogens is 334 g/mol. The zero-order valence-corrected chi connectivity index (χ0v) is 16.6. The lowest BCUT2D eigenvalue weighted by Gasteiger charge is -2.34. The van der Waals surface area contributed by atoms with Crippen molar-refractivity contribution >= 4 is 5.69 Å². The van der Waals surface area contributed by atoms with Crippen molar-refractivity contribution in [1.82, 2.24) is 9.88 Å². The fourth-order valence-corrected chi connectivity index (χ4v) is 4.22. The van der Waals surface area contributed by atoms with E-state index in [-0.39, 0.29) is 0 Å². The number of pyridine rings is 1. The first-order valence-corrected chi connectivity index (χ1v) is 10.3. The summed E-state index contributed by atoms with van der Waals surface area (Å²) in [6, 6.07) is 14.0. The molecule has 0 saturated carbocycles. The smallest absolute Gasteiger partial charge is 0.0642 e. The summed E-state index contributed by atoms with van der Waals surface area (Å²) in [4.78, 5) is 9.77. The summed E-state index contributed by atoms with van der Waals surface area (Å²) in [5.74, 6) is 0.609. The molecule has 4 heteroatoms. The van der Waals surface area contributed by atoms with Gasteiger partial charge in [-0.05, 0) is 63.5 Å². The minimum absolute atomic E-state index is 0.609. The molecule has 0 spiro atoms. The highest BCUT2D eigenvalue weighted by Crippen LogP contribution is 2.29. The third-order valence-electron chi connectivity index (χ3n) is 6.04. The van der Waals surface area contributed by atoms with Crippen molar-refractivity contribution in [2.24, 2.45) is 0 Å². The van der Waals surface area contributed by atoms with E-state index in [9.17, 15) is 0 Å². The highest BCUT2D eigenvalue weighted by atomic mass is 16.5. The SMILES string of the molecule is CC(C)N1CCC(c2ccc(-c3ccc(N4CCOCC4)cc3)cn2)CC1. The molecule has 0 amide bonds. The number of rotatable bonds is 4. The molecule has 4 rings (SSSR count). The molecule has 2 aliphatic heterocycles. The summed E-state index contributed by atoms with van der Waals surface area (Å²) < 4.78 is 5.44. The number of morpholine rings is 1. The second-order valence-electron chi connectivity index (χ2n) is 8.02. The fourth-order valence-electron chi connectivity index (χ4n) is 4.22. The maximum absolute atomic E-state index is 5.44. The second kappa shape index (κ2) is 8.41. The van der Waals surface area contributed by atoms with Gasteiger partial charge in [-0.15, -0.1) is 0 Å². The average molecular weight is 366 g/mol. The van der Waals surface area contributed by atoms with Crippen LogP contribution in [0.1, 0.15) is 38.3 Å². The first-order valence-electron chi connectivity index (χ1n) is 10.3. The van der Waals surface area contributed by atoms with Crippen LogP contribution in [0.2, 0.25) is 0 Å².